The Bertz CT molecular complexity index is 514. The van der Waals surface area contributed by atoms with Gasteiger partial charge in [0, 0.05) is 5.38 Å². The van der Waals surface area contributed by atoms with Gasteiger partial charge in [0.05, 0.1) is 22.3 Å². The molecule has 1 heterocycles. The summed E-state index contributed by atoms with van der Waals surface area (Å²) in [5, 5.41) is 6.70. The first kappa shape index (κ1) is 12.7. The molecule has 1 aromatic carbocycles. The monoisotopic (exact) mass is 286 g/mol. The van der Waals surface area contributed by atoms with Crippen LogP contribution < -0.4 is 5.32 Å². The molecule has 0 amide bonds. The third-order valence-corrected chi connectivity index (χ3v) is 3.73. The summed E-state index contributed by atoms with van der Waals surface area (Å²) in [5.41, 5.74) is 4.05. The summed E-state index contributed by atoms with van der Waals surface area (Å²) in [5.74, 6) is 0.429. The van der Waals surface area contributed by atoms with Crippen LogP contribution in [-0.2, 0) is 5.88 Å². The fraction of sp³-hybridized carbons (Fsp3) is 0.250. The van der Waals surface area contributed by atoms with E-state index in [9.17, 15) is 0 Å². The Hall–Kier alpha value is -0.770. The van der Waals surface area contributed by atoms with Crippen molar-refractivity contribution in [3.63, 3.8) is 0 Å². The minimum Gasteiger partial charge on any atom is -0.330 e. The topological polar surface area (TPSA) is 24.9 Å². The van der Waals surface area contributed by atoms with Gasteiger partial charge in [0.1, 0.15) is 0 Å². The molecule has 0 aliphatic carbocycles. The predicted octanol–water partition coefficient (Wildman–Crippen LogP) is 4.90. The van der Waals surface area contributed by atoms with Crippen LogP contribution >= 0.6 is 34.5 Å². The van der Waals surface area contributed by atoms with Gasteiger partial charge in [-0.1, -0.05) is 17.7 Å². The third kappa shape index (κ3) is 2.92. The second-order valence-electron chi connectivity index (χ2n) is 3.84. The first-order valence-electron chi connectivity index (χ1n) is 5.14. The molecule has 0 saturated carbocycles. The van der Waals surface area contributed by atoms with Gasteiger partial charge in [0.15, 0.2) is 5.13 Å². The Balaban J connectivity index is 2.29. The quantitative estimate of drug-likeness (QED) is 0.812. The molecular formula is C12H12Cl2N2S. The van der Waals surface area contributed by atoms with E-state index >= 15 is 0 Å². The molecule has 0 radical (unpaired) electrons. The number of aryl methyl sites for hydroxylation is 2. The highest BCUT2D eigenvalue weighted by Crippen LogP contribution is 2.31. The molecule has 0 aliphatic rings. The molecule has 90 valence electrons. The lowest BCUT2D eigenvalue weighted by Gasteiger charge is -2.10. The van der Waals surface area contributed by atoms with Crippen LogP contribution in [0, 0.1) is 13.8 Å². The van der Waals surface area contributed by atoms with E-state index in [0.29, 0.717) is 10.9 Å². The van der Waals surface area contributed by atoms with Crippen LogP contribution in [0.2, 0.25) is 5.02 Å². The minimum atomic E-state index is 0.429. The van der Waals surface area contributed by atoms with Gasteiger partial charge in [-0.2, -0.15) is 0 Å². The Kier molecular flexibility index (Phi) is 3.92. The van der Waals surface area contributed by atoms with E-state index in [-0.39, 0.29) is 0 Å². The average Bonchev–Trinajstić information content (AvgIpc) is 2.71. The molecule has 2 rings (SSSR count). The lowest BCUT2D eigenvalue weighted by atomic mass is 10.1. The maximum absolute atomic E-state index is 6.21. The molecule has 2 nitrogen and oxygen atoms in total. The highest BCUT2D eigenvalue weighted by Gasteiger charge is 2.08. The summed E-state index contributed by atoms with van der Waals surface area (Å²) in [6, 6.07) is 4.03. The zero-order valence-electron chi connectivity index (χ0n) is 9.55. The number of alkyl halides is 1. The van der Waals surface area contributed by atoms with Gasteiger partial charge in [-0.25, -0.2) is 4.98 Å². The van der Waals surface area contributed by atoms with E-state index in [0.717, 1.165) is 27.6 Å². The molecule has 0 atom stereocenters. The number of hydrogen-bond acceptors (Lipinski definition) is 3. The average molecular weight is 287 g/mol. The van der Waals surface area contributed by atoms with Crippen molar-refractivity contribution < 1.29 is 0 Å². The summed E-state index contributed by atoms with van der Waals surface area (Å²) in [6.45, 7) is 4.05. The van der Waals surface area contributed by atoms with Crippen LogP contribution in [0.3, 0.4) is 0 Å². The Morgan fingerprint density at radius 3 is 2.71 bits per heavy atom. The molecule has 0 bridgehead atoms. The van der Waals surface area contributed by atoms with Crippen LogP contribution in [-0.4, -0.2) is 4.98 Å². The summed E-state index contributed by atoms with van der Waals surface area (Å²) < 4.78 is 0. The van der Waals surface area contributed by atoms with E-state index in [2.05, 4.69) is 16.4 Å². The zero-order chi connectivity index (χ0) is 12.4. The summed E-state index contributed by atoms with van der Waals surface area (Å²) in [4.78, 5) is 4.35. The maximum atomic E-state index is 6.21. The Morgan fingerprint density at radius 2 is 2.12 bits per heavy atom. The van der Waals surface area contributed by atoms with Crippen molar-refractivity contribution >= 4 is 45.4 Å². The van der Waals surface area contributed by atoms with Gasteiger partial charge in [0.2, 0.25) is 0 Å². The summed E-state index contributed by atoms with van der Waals surface area (Å²) >= 11 is 13.5. The maximum Gasteiger partial charge on any atom is 0.187 e. The summed E-state index contributed by atoms with van der Waals surface area (Å²) in [6.07, 6.45) is 0. The van der Waals surface area contributed by atoms with E-state index in [1.807, 2.05) is 25.3 Å². The Morgan fingerprint density at radius 1 is 1.35 bits per heavy atom. The largest absolute Gasteiger partial charge is 0.330 e. The van der Waals surface area contributed by atoms with Crippen LogP contribution in [0.5, 0.6) is 0 Å². The minimum absolute atomic E-state index is 0.429. The number of anilines is 2. The number of nitrogens with one attached hydrogen (secondary N) is 1. The number of rotatable bonds is 3. The summed E-state index contributed by atoms with van der Waals surface area (Å²) in [7, 11) is 0. The van der Waals surface area contributed by atoms with E-state index in [4.69, 9.17) is 23.2 Å². The van der Waals surface area contributed by atoms with E-state index < -0.39 is 0 Å². The van der Waals surface area contributed by atoms with Crippen molar-refractivity contribution in [3.05, 3.63) is 39.4 Å². The molecule has 17 heavy (non-hydrogen) atoms. The number of aromatic nitrogens is 1. The standard InChI is InChI=1S/C12H12Cl2N2S/c1-7-3-8(2)11(10(14)4-7)16-12-15-9(5-13)6-17-12/h3-4,6H,5H2,1-2H3,(H,15,16). The second kappa shape index (κ2) is 5.25. The number of nitrogens with zero attached hydrogens (tertiary/aromatic N) is 1. The van der Waals surface area contributed by atoms with Crippen molar-refractivity contribution in [2.45, 2.75) is 19.7 Å². The van der Waals surface area contributed by atoms with Crippen molar-refractivity contribution in [2.75, 3.05) is 5.32 Å². The number of halogens is 2. The SMILES string of the molecule is Cc1cc(C)c(Nc2nc(CCl)cs2)c(Cl)c1. The number of thiazole rings is 1. The highest BCUT2D eigenvalue weighted by molar-refractivity contribution is 7.13. The molecule has 5 heteroatoms. The van der Waals surface area contributed by atoms with E-state index in [1.54, 1.807) is 0 Å². The molecule has 0 unspecified atom stereocenters. The van der Waals surface area contributed by atoms with Gasteiger partial charge in [-0.15, -0.1) is 22.9 Å². The van der Waals surface area contributed by atoms with Crippen molar-refractivity contribution in [1.82, 2.24) is 4.98 Å². The molecule has 0 aliphatic heterocycles. The normalized spacial score (nSPS) is 10.6. The lowest BCUT2D eigenvalue weighted by Crippen LogP contribution is -1.95. The first-order valence-corrected chi connectivity index (χ1v) is 6.93. The van der Waals surface area contributed by atoms with Gasteiger partial charge >= 0.3 is 0 Å². The fourth-order valence-corrected chi connectivity index (χ4v) is 2.92. The van der Waals surface area contributed by atoms with Crippen LogP contribution in [0.25, 0.3) is 0 Å². The lowest BCUT2D eigenvalue weighted by molar-refractivity contribution is 1.22. The van der Waals surface area contributed by atoms with Crippen LogP contribution in [0.15, 0.2) is 17.5 Å². The third-order valence-electron chi connectivity index (χ3n) is 2.35. The number of hydrogen-bond donors (Lipinski definition) is 1. The van der Waals surface area contributed by atoms with Gasteiger partial charge in [-0.3, -0.25) is 0 Å². The first-order chi connectivity index (χ1) is 8.10. The molecule has 0 saturated heterocycles. The zero-order valence-corrected chi connectivity index (χ0v) is 11.9. The molecule has 0 fully saturated rings. The second-order valence-corrected chi connectivity index (χ2v) is 5.37. The van der Waals surface area contributed by atoms with Crippen LogP contribution in [0.4, 0.5) is 10.8 Å². The van der Waals surface area contributed by atoms with Gasteiger partial charge in [-0.05, 0) is 31.0 Å². The van der Waals surface area contributed by atoms with Gasteiger partial charge < -0.3 is 5.32 Å². The van der Waals surface area contributed by atoms with Crippen molar-refractivity contribution in [3.8, 4) is 0 Å². The van der Waals surface area contributed by atoms with E-state index in [1.165, 1.54) is 11.3 Å². The molecule has 1 aromatic heterocycles. The van der Waals surface area contributed by atoms with Crippen LogP contribution in [0.1, 0.15) is 16.8 Å². The van der Waals surface area contributed by atoms with Crippen molar-refractivity contribution in [1.29, 1.82) is 0 Å². The molecular weight excluding hydrogens is 275 g/mol. The molecule has 0 spiro atoms. The fourth-order valence-electron chi connectivity index (χ4n) is 1.61. The van der Waals surface area contributed by atoms with Crippen molar-refractivity contribution in [2.24, 2.45) is 0 Å². The van der Waals surface area contributed by atoms with Gasteiger partial charge in [0.25, 0.3) is 0 Å². The Labute approximate surface area is 115 Å². The smallest absolute Gasteiger partial charge is 0.187 e. The predicted molar refractivity (Wildman–Crippen MR) is 75.9 cm³/mol. The molecule has 1 N–H and O–H groups in total. The molecule has 2 aromatic rings. The highest BCUT2D eigenvalue weighted by atomic mass is 35.5. The number of benzene rings is 1.